The molecule has 0 saturated carbocycles. The molecule has 5 aromatic rings. The van der Waals surface area contributed by atoms with Crippen molar-refractivity contribution in [3.8, 4) is 11.5 Å². The third kappa shape index (κ3) is 13.3. The fraction of sp³-hybridized carbons (Fsp3) is 0.522. The van der Waals surface area contributed by atoms with Crippen LogP contribution in [0.3, 0.4) is 0 Å². The molecule has 8 rings (SSSR count). The lowest BCUT2D eigenvalue weighted by Gasteiger charge is -2.29. The van der Waals surface area contributed by atoms with Crippen LogP contribution in [0.15, 0.2) is 83.0 Å². The zero-order chi connectivity index (χ0) is 50.1. The van der Waals surface area contributed by atoms with Gasteiger partial charge in [0.2, 0.25) is 0 Å². The molecule has 384 valence electrons. The van der Waals surface area contributed by atoms with Crippen LogP contribution in [-0.4, -0.2) is 96.5 Å². The van der Waals surface area contributed by atoms with Gasteiger partial charge in [-0.3, -0.25) is 37.0 Å². The molecular weight excluding hydrogens is 993 g/mol. The topological polar surface area (TPSA) is 244 Å². The normalized spacial score (nSPS) is 27.9. The number of aromatic amines is 1. The van der Waals surface area contributed by atoms with E-state index in [0.29, 0.717) is 50.6 Å². The average Bonchev–Trinajstić information content (AvgIpc) is 4.01. The molecule has 2 unspecified atom stereocenters. The number of unbranched alkanes of at least 4 members (excludes halogenated alkanes) is 9. The standard InChI is InChI=1S/C46H56F2N6O14P2S/c1-3-4-5-6-7-8-9-10-11-12-23-61-32-19-15-31(16-20-32)45(56)64-33-17-13-30(14-18-33)26-71-70(60)63-25-35-40(37(47)43(65-35)53-22-21-36(55)52-46(53)57)67-69(58,59)62-24-34-41(68-70)38(48)44(66-34)54-28-51-39-29(2)49-27-50-42(39)54/h13-22,27-28,34-35,37-38,40-41,43-44H,3-12,23-26H2,1-2H3,(H,58,59)(H,52,55,57)/t34-,35-,37-,38-,40-,41-,43-,44-,70?/m1/s1. The molecule has 3 aromatic heterocycles. The summed E-state index contributed by atoms with van der Waals surface area (Å²) in [6.45, 7) is -1.86. The molecule has 71 heavy (non-hydrogen) atoms. The van der Waals surface area contributed by atoms with Crippen molar-refractivity contribution >= 4 is 43.1 Å². The number of hydrogen-bond donors (Lipinski definition) is 2. The number of esters is 1. The molecular formula is C46H56F2N6O14P2S. The zero-order valence-corrected chi connectivity index (χ0v) is 41.6. The Morgan fingerprint density at radius 1 is 0.803 bits per heavy atom. The highest BCUT2D eigenvalue weighted by Crippen LogP contribution is 2.65. The molecule has 20 nitrogen and oxygen atoms in total. The molecule has 0 bridgehead atoms. The summed E-state index contributed by atoms with van der Waals surface area (Å²) in [6.07, 6.45) is 0.918. The largest absolute Gasteiger partial charge is 0.494 e. The first kappa shape index (κ1) is 52.6. The van der Waals surface area contributed by atoms with E-state index < -0.39 is 94.3 Å². The van der Waals surface area contributed by atoms with E-state index in [1.165, 1.54) is 80.7 Å². The third-order valence-electron chi connectivity index (χ3n) is 12.2. The number of benzene rings is 2. The molecule has 3 aliphatic heterocycles. The van der Waals surface area contributed by atoms with Crippen LogP contribution in [0.4, 0.5) is 8.78 Å². The molecule has 0 aliphatic carbocycles. The SMILES string of the molecule is CCCCCCCCCCCCOc1ccc(C(=O)Oc2ccc(CSP3(=O)OC[C@H]4O[C@@H](n5ccc(=O)[nH]c5=O)[C@H](F)[C@@H]4OP(=O)(O)OC[C@H]4O[C@@H](n5cnc6c(C)ncnc65)[C@H](F)[C@@H]4O3)cc2)cc1. The van der Waals surface area contributed by atoms with Crippen molar-refractivity contribution in [1.29, 1.82) is 0 Å². The molecule has 2 aromatic carbocycles. The number of carbonyl (C=O) groups excluding carboxylic acids is 1. The number of H-pyrrole nitrogens is 1. The molecule has 0 radical (unpaired) electrons. The number of carbonyl (C=O) groups is 1. The lowest BCUT2D eigenvalue weighted by molar-refractivity contribution is -0.0616. The second kappa shape index (κ2) is 23.9. The van der Waals surface area contributed by atoms with Gasteiger partial charge in [-0.2, -0.15) is 0 Å². The summed E-state index contributed by atoms with van der Waals surface area (Å²) >= 11 is 0.625. The van der Waals surface area contributed by atoms with Crippen molar-refractivity contribution in [2.45, 2.75) is 133 Å². The van der Waals surface area contributed by atoms with Gasteiger partial charge in [-0.25, -0.2) is 42.5 Å². The monoisotopic (exact) mass is 1050 g/mol. The van der Waals surface area contributed by atoms with Gasteiger partial charge in [0.1, 0.15) is 47.8 Å². The van der Waals surface area contributed by atoms with Crippen LogP contribution in [0.1, 0.15) is 105 Å². The van der Waals surface area contributed by atoms with Gasteiger partial charge in [-0.1, -0.05) is 76.8 Å². The molecule has 0 amide bonds. The number of fused-ring (bicyclic) bond motifs is 3. The van der Waals surface area contributed by atoms with Crippen LogP contribution in [0.2, 0.25) is 0 Å². The molecule has 10 atom stereocenters. The van der Waals surface area contributed by atoms with E-state index in [0.717, 1.165) is 25.1 Å². The van der Waals surface area contributed by atoms with E-state index in [9.17, 15) is 28.4 Å². The maximum atomic E-state index is 16.8. The van der Waals surface area contributed by atoms with Gasteiger partial charge in [0.25, 0.3) is 5.56 Å². The number of aryl methyl sites for hydroxylation is 1. The summed E-state index contributed by atoms with van der Waals surface area (Å²) < 4.78 is 109. The average molecular weight is 1050 g/mol. The van der Waals surface area contributed by atoms with Gasteiger partial charge in [0.15, 0.2) is 30.4 Å². The first-order chi connectivity index (χ1) is 34.2. The van der Waals surface area contributed by atoms with E-state index in [2.05, 4.69) is 21.9 Å². The Labute approximate surface area is 411 Å². The Kier molecular flexibility index (Phi) is 17.7. The number of nitrogens with zero attached hydrogens (tertiary/aromatic N) is 5. The Morgan fingerprint density at radius 3 is 2.10 bits per heavy atom. The highest BCUT2D eigenvalue weighted by Gasteiger charge is 2.55. The van der Waals surface area contributed by atoms with Crippen LogP contribution >= 0.6 is 26.0 Å². The summed E-state index contributed by atoms with van der Waals surface area (Å²) in [4.78, 5) is 62.8. The Bertz CT molecular complexity index is 2810. The van der Waals surface area contributed by atoms with E-state index in [-0.39, 0.29) is 17.1 Å². The number of halogens is 2. The Hall–Kier alpha value is -4.67. The highest BCUT2D eigenvalue weighted by molar-refractivity contribution is 8.54. The Morgan fingerprint density at radius 2 is 1.42 bits per heavy atom. The first-order valence-electron chi connectivity index (χ1n) is 23.5. The van der Waals surface area contributed by atoms with Crippen molar-refractivity contribution in [1.82, 2.24) is 29.1 Å². The summed E-state index contributed by atoms with van der Waals surface area (Å²) in [5.41, 5.74) is 0.0159. The third-order valence-corrected chi connectivity index (χ3v) is 16.8. The molecule has 3 saturated heterocycles. The number of aromatic nitrogens is 6. The van der Waals surface area contributed by atoms with Gasteiger partial charge in [0.05, 0.1) is 37.4 Å². The van der Waals surface area contributed by atoms with Crippen LogP contribution in [0.5, 0.6) is 11.5 Å². The van der Waals surface area contributed by atoms with Crippen LogP contribution < -0.4 is 20.7 Å². The summed E-state index contributed by atoms with van der Waals surface area (Å²) in [7, 11) is -5.24. The number of phosphoric acid groups is 1. The van der Waals surface area contributed by atoms with E-state index >= 15 is 8.78 Å². The van der Waals surface area contributed by atoms with Gasteiger partial charge < -0.3 is 23.8 Å². The number of rotatable bonds is 19. The maximum absolute atomic E-state index is 16.8. The lowest BCUT2D eigenvalue weighted by Crippen LogP contribution is -2.38. The number of imidazole rings is 1. The van der Waals surface area contributed by atoms with Gasteiger partial charge in [0, 0.05) is 18.0 Å². The van der Waals surface area contributed by atoms with Crippen molar-refractivity contribution in [3.05, 3.63) is 111 Å². The molecule has 6 heterocycles. The molecule has 0 spiro atoms. The van der Waals surface area contributed by atoms with Crippen molar-refractivity contribution in [2.75, 3.05) is 19.8 Å². The quantitative estimate of drug-likeness (QED) is 0.0340. The summed E-state index contributed by atoms with van der Waals surface area (Å²) in [6, 6.07) is 13.9. The maximum Gasteiger partial charge on any atom is 0.472 e. The van der Waals surface area contributed by atoms with Crippen molar-refractivity contribution < 1.29 is 64.6 Å². The van der Waals surface area contributed by atoms with E-state index in [4.69, 9.17) is 37.0 Å². The number of alkyl halides is 2. The minimum atomic E-state index is -5.24. The minimum absolute atomic E-state index is 0.0952. The Balaban J connectivity index is 0.929. The van der Waals surface area contributed by atoms with Gasteiger partial charge >= 0.3 is 26.3 Å². The van der Waals surface area contributed by atoms with Crippen molar-refractivity contribution in [3.63, 3.8) is 0 Å². The minimum Gasteiger partial charge on any atom is -0.494 e. The van der Waals surface area contributed by atoms with Crippen molar-refractivity contribution in [2.24, 2.45) is 0 Å². The second-order valence-corrected chi connectivity index (χ2v) is 22.8. The fourth-order valence-electron chi connectivity index (χ4n) is 8.34. The van der Waals surface area contributed by atoms with Crippen LogP contribution in [0, 0.1) is 6.92 Å². The second-order valence-electron chi connectivity index (χ2n) is 17.3. The number of ether oxygens (including phenoxy) is 4. The van der Waals surface area contributed by atoms with E-state index in [1.807, 2.05) is 4.98 Å². The smallest absolute Gasteiger partial charge is 0.472 e. The first-order valence-corrected chi connectivity index (χ1v) is 28.2. The van der Waals surface area contributed by atoms with Crippen LogP contribution in [0.25, 0.3) is 11.2 Å². The summed E-state index contributed by atoms with van der Waals surface area (Å²) in [5, 5.41) is 0. The zero-order valence-electron chi connectivity index (χ0n) is 39.0. The molecule has 3 aliphatic rings. The highest BCUT2D eigenvalue weighted by atomic mass is 32.7. The molecule has 2 N–H and O–H groups in total. The molecule has 25 heteroatoms. The fourth-order valence-corrected chi connectivity index (χ4v) is 12.7. The summed E-state index contributed by atoms with van der Waals surface area (Å²) in [5.74, 6) is 0.159. The van der Waals surface area contributed by atoms with E-state index in [1.54, 1.807) is 43.3 Å². The predicted molar refractivity (Wildman–Crippen MR) is 255 cm³/mol. The van der Waals surface area contributed by atoms with Crippen LogP contribution in [-0.2, 0) is 42.5 Å². The predicted octanol–water partition coefficient (Wildman–Crippen LogP) is 8.63. The lowest BCUT2D eigenvalue weighted by atomic mass is 10.1. The number of nitrogens with one attached hydrogen (secondary N) is 1. The number of phosphoric ester groups is 1. The number of hydrogen-bond acceptors (Lipinski definition) is 17. The molecule has 3 fully saturated rings. The van der Waals surface area contributed by atoms with Gasteiger partial charge in [-0.05, 0) is 66.7 Å². The van der Waals surface area contributed by atoms with Gasteiger partial charge in [-0.15, -0.1) is 0 Å².